The predicted octanol–water partition coefficient (Wildman–Crippen LogP) is 1.73. The Morgan fingerprint density at radius 3 is 2.75 bits per heavy atom. The van der Waals surface area contributed by atoms with Crippen LogP contribution in [0.2, 0.25) is 0 Å². The largest absolute Gasteiger partial charge is 0.355 e. The summed E-state index contributed by atoms with van der Waals surface area (Å²) in [7, 11) is 0. The molecule has 0 aromatic carbocycles. The van der Waals surface area contributed by atoms with E-state index in [2.05, 4.69) is 27.3 Å². The fourth-order valence-corrected chi connectivity index (χ4v) is 4.03. The quantitative estimate of drug-likeness (QED) is 0.500. The van der Waals surface area contributed by atoms with E-state index in [1.165, 1.54) is 0 Å². The maximum atomic E-state index is 12.8. The number of hydrogen-bond acceptors (Lipinski definition) is 6. The number of rotatable bonds is 8. The van der Waals surface area contributed by atoms with Gasteiger partial charge in [-0.05, 0) is 30.1 Å². The number of H-pyrrole nitrogens is 1. The Kier molecular flexibility index (Phi) is 7.35. The summed E-state index contributed by atoms with van der Waals surface area (Å²) in [6, 6.07) is 3.91. The third-order valence-electron chi connectivity index (χ3n) is 4.74. The van der Waals surface area contributed by atoms with Crippen LogP contribution >= 0.6 is 23.6 Å². The van der Waals surface area contributed by atoms with Gasteiger partial charge in [0.25, 0.3) is 0 Å². The molecule has 1 aliphatic rings. The minimum Gasteiger partial charge on any atom is -0.355 e. The van der Waals surface area contributed by atoms with E-state index in [-0.39, 0.29) is 18.4 Å². The van der Waals surface area contributed by atoms with Crippen molar-refractivity contribution in [2.45, 2.75) is 26.3 Å². The monoisotopic (exact) mass is 422 g/mol. The van der Waals surface area contributed by atoms with Gasteiger partial charge < -0.3 is 10.2 Å². The SMILES string of the molecule is CCCCNC(=O)CN1CCN(C(=O)Cn2c(-c3cccs3)n[nH]c2=S)CC1. The van der Waals surface area contributed by atoms with Gasteiger partial charge in [0.2, 0.25) is 11.8 Å². The number of aromatic amines is 1. The molecule has 1 aliphatic heterocycles. The van der Waals surface area contributed by atoms with E-state index < -0.39 is 0 Å². The Labute approximate surface area is 173 Å². The topological polar surface area (TPSA) is 86.3 Å². The molecule has 0 saturated carbocycles. The van der Waals surface area contributed by atoms with Crippen molar-refractivity contribution < 1.29 is 9.59 Å². The van der Waals surface area contributed by atoms with E-state index in [1.54, 1.807) is 15.9 Å². The van der Waals surface area contributed by atoms with Gasteiger partial charge in [-0.25, -0.2) is 0 Å². The molecule has 2 N–H and O–H groups in total. The van der Waals surface area contributed by atoms with Crippen molar-refractivity contribution in [2.75, 3.05) is 39.3 Å². The van der Waals surface area contributed by atoms with Crippen LogP contribution in [-0.4, -0.2) is 75.6 Å². The number of carbonyl (C=O) groups is 2. The second-order valence-electron chi connectivity index (χ2n) is 6.78. The summed E-state index contributed by atoms with van der Waals surface area (Å²) < 4.78 is 2.19. The summed E-state index contributed by atoms with van der Waals surface area (Å²) in [4.78, 5) is 29.6. The van der Waals surface area contributed by atoms with Crippen LogP contribution in [-0.2, 0) is 16.1 Å². The number of piperazine rings is 1. The Morgan fingerprint density at radius 1 is 1.29 bits per heavy atom. The molecule has 1 saturated heterocycles. The second kappa shape index (κ2) is 9.94. The molecule has 1 fully saturated rings. The Bertz CT molecular complexity index is 837. The van der Waals surface area contributed by atoms with Crippen molar-refractivity contribution in [3.05, 3.63) is 22.3 Å². The molecule has 0 aliphatic carbocycles. The summed E-state index contributed by atoms with van der Waals surface area (Å²) in [5.74, 6) is 0.761. The minimum atomic E-state index is 0.0161. The molecular formula is C18H26N6O2S2. The van der Waals surface area contributed by atoms with Crippen molar-refractivity contribution >= 4 is 35.4 Å². The highest BCUT2D eigenvalue weighted by Crippen LogP contribution is 2.22. The molecule has 0 unspecified atom stereocenters. The molecule has 2 amide bonds. The lowest BCUT2D eigenvalue weighted by Crippen LogP contribution is -2.51. The first-order chi connectivity index (χ1) is 13.6. The van der Waals surface area contributed by atoms with Crippen molar-refractivity contribution in [1.82, 2.24) is 29.9 Å². The maximum absolute atomic E-state index is 12.8. The first kappa shape index (κ1) is 20.7. The Hall–Kier alpha value is -2.04. The van der Waals surface area contributed by atoms with E-state index in [0.29, 0.717) is 43.3 Å². The highest BCUT2D eigenvalue weighted by Gasteiger charge is 2.23. The van der Waals surface area contributed by atoms with Gasteiger partial charge in [-0.2, -0.15) is 5.10 Å². The molecule has 28 heavy (non-hydrogen) atoms. The third-order valence-corrected chi connectivity index (χ3v) is 5.92. The molecule has 0 atom stereocenters. The van der Waals surface area contributed by atoms with E-state index in [1.807, 2.05) is 22.4 Å². The van der Waals surface area contributed by atoms with Gasteiger partial charge in [0.15, 0.2) is 10.6 Å². The van der Waals surface area contributed by atoms with Crippen molar-refractivity contribution in [3.8, 4) is 10.7 Å². The van der Waals surface area contributed by atoms with Gasteiger partial charge in [0.05, 0.1) is 11.4 Å². The zero-order chi connectivity index (χ0) is 19.9. The van der Waals surface area contributed by atoms with E-state index >= 15 is 0 Å². The standard InChI is InChI=1S/C18H26N6O2S2/c1-2-3-6-19-15(25)12-22-7-9-23(10-8-22)16(26)13-24-17(20-21-18(24)27)14-5-4-11-28-14/h4-5,11H,2-3,6-10,12-13H2,1H3,(H,19,25)(H,21,27). The molecular weight excluding hydrogens is 396 g/mol. The van der Waals surface area contributed by atoms with Crippen LogP contribution in [0.5, 0.6) is 0 Å². The van der Waals surface area contributed by atoms with E-state index in [0.717, 1.165) is 24.3 Å². The average Bonchev–Trinajstić information content (AvgIpc) is 3.33. The third kappa shape index (κ3) is 5.27. The first-order valence-electron chi connectivity index (χ1n) is 9.54. The normalized spacial score (nSPS) is 15.0. The Balaban J connectivity index is 1.51. The lowest BCUT2D eigenvalue weighted by Gasteiger charge is -2.34. The highest BCUT2D eigenvalue weighted by molar-refractivity contribution is 7.71. The van der Waals surface area contributed by atoms with Gasteiger partial charge in [-0.1, -0.05) is 19.4 Å². The van der Waals surface area contributed by atoms with Crippen molar-refractivity contribution in [3.63, 3.8) is 0 Å². The van der Waals surface area contributed by atoms with Crippen LogP contribution in [0.3, 0.4) is 0 Å². The zero-order valence-electron chi connectivity index (χ0n) is 16.0. The average molecular weight is 423 g/mol. The molecule has 0 radical (unpaired) electrons. The summed E-state index contributed by atoms with van der Waals surface area (Å²) in [5, 5.41) is 12.0. The number of aromatic nitrogens is 3. The molecule has 0 spiro atoms. The predicted molar refractivity (Wildman–Crippen MR) is 112 cm³/mol. The van der Waals surface area contributed by atoms with Gasteiger partial charge in [0, 0.05) is 32.7 Å². The zero-order valence-corrected chi connectivity index (χ0v) is 17.7. The molecule has 2 aromatic rings. The summed E-state index contributed by atoms with van der Waals surface area (Å²) in [6.07, 6.45) is 2.06. The van der Waals surface area contributed by atoms with Gasteiger partial charge in [-0.3, -0.25) is 24.2 Å². The number of thiophene rings is 1. The number of carbonyl (C=O) groups excluding carboxylic acids is 2. The van der Waals surface area contributed by atoms with Crippen LogP contribution in [0, 0.1) is 4.77 Å². The summed E-state index contributed by atoms with van der Waals surface area (Å²) in [6.45, 7) is 6.00. The molecule has 10 heteroatoms. The number of unbranched alkanes of at least 4 members (excludes halogenated alkanes) is 1. The summed E-state index contributed by atoms with van der Waals surface area (Å²) >= 11 is 6.86. The van der Waals surface area contributed by atoms with Crippen LogP contribution in [0.4, 0.5) is 0 Å². The Morgan fingerprint density at radius 2 is 2.07 bits per heavy atom. The lowest BCUT2D eigenvalue weighted by atomic mass is 10.3. The molecule has 3 rings (SSSR count). The molecule has 8 nitrogen and oxygen atoms in total. The van der Waals surface area contributed by atoms with Crippen LogP contribution in [0.25, 0.3) is 10.7 Å². The molecule has 152 valence electrons. The van der Waals surface area contributed by atoms with Gasteiger partial charge >= 0.3 is 0 Å². The van der Waals surface area contributed by atoms with Gasteiger partial charge in [-0.15, -0.1) is 11.3 Å². The van der Waals surface area contributed by atoms with Crippen LogP contribution < -0.4 is 5.32 Å². The second-order valence-corrected chi connectivity index (χ2v) is 8.11. The molecule has 2 aromatic heterocycles. The summed E-state index contributed by atoms with van der Waals surface area (Å²) in [5.41, 5.74) is 0. The fourth-order valence-electron chi connectivity index (χ4n) is 3.11. The van der Waals surface area contributed by atoms with Crippen molar-refractivity contribution in [1.29, 1.82) is 0 Å². The smallest absolute Gasteiger partial charge is 0.242 e. The fraction of sp³-hybridized carbons (Fsp3) is 0.556. The van der Waals surface area contributed by atoms with E-state index in [4.69, 9.17) is 12.2 Å². The lowest BCUT2D eigenvalue weighted by molar-refractivity contribution is -0.133. The number of amides is 2. The van der Waals surface area contributed by atoms with Gasteiger partial charge in [0.1, 0.15) is 6.54 Å². The molecule has 0 bridgehead atoms. The number of nitrogens with one attached hydrogen (secondary N) is 2. The maximum Gasteiger partial charge on any atom is 0.242 e. The van der Waals surface area contributed by atoms with Crippen LogP contribution in [0.1, 0.15) is 19.8 Å². The minimum absolute atomic E-state index is 0.0161. The van der Waals surface area contributed by atoms with Crippen molar-refractivity contribution in [2.24, 2.45) is 0 Å². The molecule has 3 heterocycles. The van der Waals surface area contributed by atoms with E-state index in [9.17, 15) is 9.59 Å². The van der Waals surface area contributed by atoms with Crippen LogP contribution in [0.15, 0.2) is 17.5 Å². The number of hydrogen-bond donors (Lipinski definition) is 2. The highest BCUT2D eigenvalue weighted by atomic mass is 32.1. The number of nitrogens with zero attached hydrogens (tertiary/aromatic N) is 4. The first-order valence-corrected chi connectivity index (χ1v) is 10.8.